The first-order valence-corrected chi connectivity index (χ1v) is 8.52. The summed E-state index contributed by atoms with van der Waals surface area (Å²) in [5.41, 5.74) is 3.77. The monoisotopic (exact) mass is 351 g/mol. The maximum atomic E-state index is 12.9. The van der Waals surface area contributed by atoms with Gasteiger partial charge in [0.15, 0.2) is 12.4 Å². The number of halogens is 1. The summed E-state index contributed by atoms with van der Waals surface area (Å²) in [5.74, 6) is -0.0449. The lowest BCUT2D eigenvalue weighted by Crippen LogP contribution is -2.14. The standard InChI is InChI=1S/C20H18FN3O2/c21-16-5-8-18(9-6-16)26-13-24-11-10-19(23-24)20(25)22-17-7-4-14-2-1-3-15(14)12-17/h4-12H,1-3,13H2,(H,22,25). The summed E-state index contributed by atoms with van der Waals surface area (Å²) in [4.78, 5) is 12.4. The van der Waals surface area contributed by atoms with Crippen LogP contribution in [-0.4, -0.2) is 15.7 Å². The number of rotatable bonds is 5. The van der Waals surface area contributed by atoms with E-state index in [0.717, 1.165) is 18.5 Å². The van der Waals surface area contributed by atoms with Crippen molar-refractivity contribution in [3.63, 3.8) is 0 Å². The number of ether oxygens (including phenoxy) is 1. The Morgan fingerprint density at radius 3 is 2.77 bits per heavy atom. The molecule has 0 saturated heterocycles. The average molecular weight is 351 g/mol. The molecule has 1 aliphatic carbocycles. The molecule has 4 rings (SSSR count). The Morgan fingerprint density at radius 2 is 1.92 bits per heavy atom. The fraction of sp³-hybridized carbons (Fsp3) is 0.200. The first-order valence-electron chi connectivity index (χ1n) is 8.52. The molecular weight excluding hydrogens is 333 g/mol. The van der Waals surface area contributed by atoms with Gasteiger partial charge in [0.05, 0.1) is 0 Å². The third-order valence-electron chi connectivity index (χ3n) is 4.41. The highest BCUT2D eigenvalue weighted by atomic mass is 19.1. The van der Waals surface area contributed by atoms with Gasteiger partial charge in [-0.2, -0.15) is 5.10 Å². The highest BCUT2D eigenvalue weighted by Crippen LogP contribution is 2.25. The Bertz CT molecular complexity index is 934. The van der Waals surface area contributed by atoms with Gasteiger partial charge in [0.2, 0.25) is 0 Å². The quantitative estimate of drug-likeness (QED) is 0.761. The van der Waals surface area contributed by atoms with Gasteiger partial charge >= 0.3 is 0 Å². The molecule has 3 aromatic rings. The molecule has 1 amide bonds. The fourth-order valence-corrected chi connectivity index (χ4v) is 3.07. The minimum absolute atomic E-state index is 0.137. The molecule has 0 fully saturated rings. The summed E-state index contributed by atoms with van der Waals surface area (Å²) in [6.07, 6.45) is 5.02. The Labute approximate surface area is 150 Å². The Morgan fingerprint density at radius 1 is 1.12 bits per heavy atom. The molecular formula is C20H18FN3O2. The molecule has 1 aliphatic rings. The van der Waals surface area contributed by atoms with Crippen LogP contribution in [0.3, 0.4) is 0 Å². The van der Waals surface area contributed by atoms with Crippen LogP contribution in [0.15, 0.2) is 54.7 Å². The Balaban J connectivity index is 1.37. The van der Waals surface area contributed by atoms with Crippen molar-refractivity contribution in [2.45, 2.75) is 26.0 Å². The van der Waals surface area contributed by atoms with Crippen LogP contribution in [0.4, 0.5) is 10.1 Å². The second-order valence-corrected chi connectivity index (χ2v) is 6.26. The predicted molar refractivity (Wildman–Crippen MR) is 95.7 cm³/mol. The molecule has 132 valence electrons. The van der Waals surface area contributed by atoms with Gasteiger partial charge in [-0.05, 0) is 72.9 Å². The van der Waals surface area contributed by atoms with Gasteiger partial charge in [-0.1, -0.05) is 6.07 Å². The van der Waals surface area contributed by atoms with Crippen LogP contribution < -0.4 is 10.1 Å². The molecule has 0 aliphatic heterocycles. The number of hydrogen-bond donors (Lipinski definition) is 1. The van der Waals surface area contributed by atoms with Crippen molar-refractivity contribution in [2.24, 2.45) is 0 Å². The third-order valence-corrected chi connectivity index (χ3v) is 4.41. The number of carbonyl (C=O) groups is 1. The molecule has 5 nitrogen and oxygen atoms in total. The maximum Gasteiger partial charge on any atom is 0.276 e. The molecule has 0 atom stereocenters. The zero-order valence-corrected chi connectivity index (χ0v) is 14.1. The lowest BCUT2D eigenvalue weighted by Gasteiger charge is -2.07. The highest BCUT2D eigenvalue weighted by molar-refractivity contribution is 6.02. The minimum Gasteiger partial charge on any atom is -0.471 e. The predicted octanol–water partition coefficient (Wildman–Crippen LogP) is 3.80. The van der Waals surface area contributed by atoms with E-state index in [2.05, 4.69) is 16.5 Å². The van der Waals surface area contributed by atoms with E-state index < -0.39 is 0 Å². The van der Waals surface area contributed by atoms with Crippen LogP contribution in [-0.2, 0) is 19.6 Å². The van der Waals surface area contributed by atoms with Crippen molar-refractivity contribution in [3.05, 3.63) is 77.4 Å². The SMILES string of the molecule is O=C(Nc1ccc2c(c1)CCC2)c1ccn(COc2ccc(F)cc2)n1. The summed E-state index contributed by atoms with van der Waals surface area (Å²) < 4.78 is 19.9. The number of anilines is 1. The molecule has 6 heteroatoms. The first-order chi connectivity index (χ1) is 12.7. The second-order valence-electron chi connectivity index (χ2n) is 6.26. The average Bonchev–Trinajstić information content (AvgIpc) is 3.30. The van der Waals surface area contributed by atoms with Crippen LogP contribution in [0.5, 0.6) is 5.75 Å². The van der Waals surface area contributed by atoms with Crippen LogP contribution >= 0.6 is 0 Å². The van der Waals surface area contributed by atoms with Crippen molar-refractivity contribution in [2.75, 3.05) is 5.32 Å². The van der Waals surface area contributed by atoms with Crippen LogP contribution in [0, 0.1) is 5.82 Å². The number of nitrogens with one attached hydrogen (secondary N) is 1. The number of aromatic nitrogens is 2. The number of nitrogens with zero attached hydrogens (tertiary/aromatic N) is 2. The van der Waals surface area contributed by atoms with Gasteiger partial charge in [-0.15, -0.1) is 0 Å². The molecule has 26 heavy (non-hydrogen) atoms. The number of hydrogen-bond acceptors (Lipinski definition) is 3. The van der Waals surface area contributed by atoms with Gasteiger partial charge in [0, 0.05) is 11.9 Å². The van der Waals surface area contributed by atoms with Crippen molar-refractivity contribution in [1.29, 1.82) is 0 Å². The van der Waals surface area contributed by atoms with Crippen molar-refractivity contribution < 1.29 is 13.9 Å². The van der Waals surface area contributed by atoms with E-state index in [4.69, 9.17) is 4.74 Å². The molecule has 0 unspecified atom stereocenters. The molecule has 0 saturated carbocycles. The zero-order valence-electron chi connectivity index (χ0n) is 14.1. The molecule has 1 aromatic heterocycles. The van der Waals surface area contributed by atoms with Crippen LogP contribution in [0.1, 0.15) is 28.0 Å². The summed E-state index contributed by atoms with van der Waals surface area (Å²) in [6.45, 7) is 0.137. The molecule has 0 bridgehead atoms. The topological polar surface area (TPSA) is 56.2 Å². The third kappa shape index (κ3) is 3.59. The molecule has 0 radical (unpaired) electrons. The minimum atomic E-state index is -0.318. The van der Waals surface area contributed by atoms with E-state index in [0.29, 0.717) is 11.4 Å². The lowest BCUT2D eigenvalue weighted by molar-refractivity contribution is 0.102. The van der Waals surface area contributed by atoms with Crippen LogP contribution in [0.2, 0.25) is 0 Å². The van der Waals surface area contributed by atoms with E-state index in [1.54, 1.807) is 24.4 Å². The largest absolute Gasteiger partial charge is 0.471 e. The molecule has 1 N–H and O–H groups in total. The Hall–Kier alpha value is -3.15. The fourth-order valence-electron chi connectivity index (χ4n) is 3.07. The number of benzene rings is 2. The van der Waals surface area contributed by atoms with Crippen molar-refractivity contribution in [1.82, 2.24) is 9.78 Å². The molecule has 2 aromatic carbocycles. The summed E-state index contributed by atoms with van der Waals surface area (Å²) in [7, 11) is 0. The van der Waals surface area contributed by atoms with Gasteiger partial charge in [0.25, 0.3) is 5.91 Å². The number of carbonyl (C=O) groups excluding carboxylic acids is 1. The normalized spacial score (nSPS) is 12.7. The highest BCUT2D eigenvalue weighted by Gasteiger charge is 2.14. The summed E-state index contributed by atoms with van der Waals surface area (Å²) >= 11 is 0. The number of amides is 1. The lowest BCUT2D eigenvalue weighted by atomic mass is 10.1. The van der Waals surface area contributed by atoms with Crippen LogP contribution in [0.25, 0.3) is 0 Å². The maximum absolute atomic E-state index is 12.9. The smallest absolute Gasteiger partial charge is 0.276 e. The zero-order chi connectivity index (χ0) is 17.9. The van der Waals surface area contributed by atoms with E-state index in [1.165, 1.54) is 34.4 Å². The second kappa shape index (κ2) is 7.00. The van der Waals surface area contributed by atoms with Gasteiger partial charge < -0.3 is 10.1 Å². The van der Waals surface area contributed by atoms with Gasteiger partial charge in [0.1, 0.15) is 11.6 Å². The molecule has 0 spiro atoms. The molecule has 1 heterocycles. The first kappa shape index (κ1) is 16.3. The van der Waals surface area contributed by atoms with E-state index in [9.17, 15) is 9.18 Å². The van der Waals surface area contributed by atoms with Gasteiger partial charge in [-0.25, -0.2) is 9.07 Å². The van der Waals surface area contributed by atoms with Gasteiger partial charge in [-0.3, -0.25) is 4.79 Å². The van der Waals surface area contributed by atoms with Crippen molar-refractivity contribution in [3.8, 4) is 5.75 Å². The van der Waals surface area contributed by atoms with E-state index in [-0.39, 0.29) is 18.5 Å². The number of fused-ring (bicyclic) bond motifs is 1. The van der Waals surface area contributed by atoms with E-state index >= 15 is 0 Å². The van der Waals surface area contributed by atoms with Crippen molar-refractivity contribution >= 4 is 11.6 Å². The Kier molecular flexibility index (Phi) is 4.39. The van der Waals surface area contributed by atoms with E-state index in [1.807, 2.05) is 12.1 Å². The summed E-state index contributed by atoms with van der Waals surface area (Å²) in [5, 5.41) is 7.10. The number of aryl methyl sites for hydroxylation is 2. The summed E-state index contributed by atoms with van der Waals surface area (Å²) in [6, 6.07) is 13.4.